The first-order chi connectivity index (χ1) is 12.8. The van der Waals surface area contributed by atoms with Crippen LogP contribution in [0.1, 0.15) is 6.42 Å². The summed E-state index contributed by atoms with van der Waals surface area (Å²) in [6.07, 6.45) is 5.07. The summed E-state index contributed by atoms with van der Waals surface area (Å²) >= 11 is 0. The van der Waals surface area contributed by atoms with E-state index in [1.165, 1.54) is 4.90 Å². The van der Waals surface area contributed by atoms with Crippen LogP contribution in [0.4, 0.5) is 22.0 Å². The van der Waals surface area contributed by atoms with E-state index in [0.717, 1.165) is 0 Å². The van der Waals surface area contributed by atoms with Crippen molar-refractivity contribution in [3.63, 3.8) is 0 Å². The number of halogens is 5. The molecule has 1 aliphatic heterocycles. The number of carbonyl (C=O) groups excluding carboxylic acids is 2. The van der Waals surface area contributed by atoms with Crippen molar-refractivity contribution in [2.45, 2.75) is 12.5 Å². The maximum atomic E-state index is 13.6. The van der Waals surface area contributed by atoms with Crippen molar-refractivity contribution in [2.75, 3.05) is 19.9 Å². The van der Waals surface area contributed by atoms with Crippen LogP contribution in [0, 0.1) is 29.1 Å². The topological polar surface area (TPSA) is 55.8 Å². The second kappa shape index (κ2) is 7.57. The van der Waals surface area contributed by atoms with Crippen molar-refractivity contribution in [1.82, 2.24) is 4.90 Å². The fraction of sp³-hybridized carbons (Fsp3) is 0.294. The second-order valence-electron chi connectivity index (χ2n) is 5.81. The third-order valence-corrected chi connectivity index (χ3v) is 4.09. The van der Waals surface area contributed by atoms with Gasteiger partial charge in [-0.25, -0.2) is 13.2 Å². The van der Waals surface area contributed by atoms with Gasteiger partial charge in [-0.2, -0.15) is 8.78 Å². The minimum Gasteiger partial charge on any atom is -0.419 e. The summed E-state index contributed by atoms with van der Waals surface area (Å²) in [6.45, 7) is -0.565. The molecular formula is C17H12F5NO4. The Hall–Kier alpha value is -2.59. The molecule has 10 heteroatoms. The van der Waals surface area contributed by atoms with Crippen LogP contribution in [0.15, 0.2) is 23.8 Å². The van der Waals surface area contributed by atoms with Crippen molar-refractivity contribution in [1.29, 1.82) is 0 Å². The molecule has 0 bridgehead atoms. The number of ketones is 1. The summed E-state index contributed by atoms with van der Waals surface area (Å²) in [5.74, 6) is -14.4. The van der Waals surface area contributed by atoms with Crippen LogP contribution >= 0.6 is 0 Å². The molecule has 1 aromatic carbocycles. The lowest BCUT2D eigenvalue weighted by molar-refractivity contribution is -0.136. The number of hydrogen-bond acceptors (Lipinski definition) is 5. The lowest BCUT2D eigenvalue weighted by Crippen LogP contribution is -2.40. The van der Waals surface area contributed by atoms with Gasteiger partial charge in [-0.05, 0) is 0 Å². The number of Topliss-reactive ketones (excluding diaryl/α,β-unsaturated/α-hetero) is 1. The summed E-state index contributed by atoms with van der Waals surface area (Å²) in [7, 11) is 0. The van der Waals surface area contributed by atoms with Crippen molar-refractivity contribution in [3.8, 4) is 5.75 Å². The Morgan fingerprint density at radius 3 is 2.37 bits per heavy atom. The Morgan fingerprint density at radius 2 is 1.74 bits per heavy atom. The van der Waals surface area contributed by atoms with Gasteiger partial charge in [-0.1, -0.05) is 18.2 Å². The minimum absolute atomic E-state index is 0.0782. The number of allylic oxidation sites excluding steroid dienone is 3. The van der Waals surface area contributed by atoms with E-state index in [1.54, 1.807) is 18.2 Å². The molecule has 0 spiro atoms. The molecule has 1 aromatic rings. The molecule has 144 valence electrons. The lowest BCUT2D eigenvalue weighted by atomic mass is 9.96. The Bertz CT molecular complexity index is 838. The first-order valence-electron chi connectivity index (χ1n) is 7.75. The Morgan fingerprint density at radius 1 is 1.11 bits per heavy atom. The van der Waals surface area contributed by atoms with Crippen LogP contribution in [-0.4, -0.2) is 42.6 Å². The maximum absolute atomic E-state index is 13.6. The fourth-order valence-electron chi connectivity index (χ4n) is 2.76. The quantitative estimate of drug-likeness (QED) is 0.260. The normalized spacial score (nSPS) is 20.1. The highest BCUT2D eigenvalue weighted by Crippen LogP contribution is 2.29. The van der Waals surface area contributed by atoms with Gasteiger partial charge >= 0.3 is 5.97 Å². The average molecular weight is 389 g/mol. The summed E-state index contributed by atoms with van der Waals surface area (Å²) in [4.78, 5) is 25.3. The van der Waals surface area contributed by atoms with E-state index >= 15 is 0 Å². The van der Waals surface area contributed by atoms with E-state index in [2.05, 4.69) is 4.74 Å². The highest BCUT2D eigenvalue weighted by molar-refractivity contribution is 5.98. The molecule has 5 nitrogen and oxygen atoms in total. The van der Waals surface area contributed by atoms with Crippen LogP contribution in [0.25, 0.3) is 0 Å². The number of carbonyl (C=O) groups is 2. The van der Waals surface area contributed by atoms with E-state index in [1.807, 2.05) is 0 Å². The van der Waals surface area contributed by atoms with Crippen molar-refractivity contribution < 1.29 is 41.0 Å². The van der Waals surface area contributed by atoms with Gasteiger partial charge in [0.05, 0.1) is 19.2 Å². The lowest BCUT2D eigenvalue weighted by Gasteiger charge is -2.23. The van der Waals surface area contributed by atoms with Crippen LogP contribution in [-0.2, 0) is 14.3 Å². The van der Waals surface area contributed by atoms with Gasteiger partial charge in [0.25, 0.3) is 0 Å². The molecular weight excluding hydrogens is 377 g/mol. The first-order valence-corrected chi connectivity index (χ1v) is 7.75. The molecule has 0 radical (unpaired) electrons. The van der Waals surface area contributed by atoms with Crippen LogP contribution < -0.4 is 4.74 Å². The highest BCUT2D eigenvalue weighted by atomic mass is 19.2. The van der Waals surface area contributed by atoms with E-state index in [4.69, 9.17) is 4.74 Å². The SMILES string of the molecule is O=C(CN1COC[C@H]1C1=CC=CCC1=O)Oc1c(F)c(F)c(F)c(F)c1F. The number of hydrogen-bond donors (Lipinski definition) is 0. The summed E-state index contributed by atoms with van der Waals surface area (Å²) in [5.41, 5.74) is 0.388. The van der Waals surface area contributed by atoms with Crippen molar-refractivity contribution >= 4 is 11.8 Å². The van der Waals surface area contributed by atoms with Crippen LogP contribution in [0.2, 0.25) is 0 Å². The molecule has 1 saturated heterocycles. The molecule has 27 heavy (non-hydrogen) atoms. The van der Waals surface area contributed by atoms with E-state index in [9.17, 15) is 31.5 Å². The third-order valence-electron chi connectivity index (χ3n) is 4.09. The summed E-state index contributed by atoms with van der Waals surface area (Å²) < 4.78 is 76.1. The molecule has 0 amide bonds. The van der Waals surface area contributed by atoms with Crippen molar-refractivity contribution in [2.24, 2.45) is 0 Å². The van der Waals surface area contributed by atoms with Gasteiger partial charge in [0.1, 0.15) is 6.73 Å². The zero-order chi connectivity index (χ0) is 19.7. The standard InChI is InChI=1S/C17H12F5NO4/c18-12-13(19)15(21)17(16(22)14(12)20)27-11(25)5-23-7-26-6-9(23)8-3-1-2-4-10(8)24/h1-3,9H,4-7H2/t9-/m0/s1. The van der Waals surface area contributed by atoms with Gasteiger partial charge < -0.3 is 9.47 Å². The Labute approximate surface area is 149 Å². The first kappa shape index (κ1) is 19.2. The fourth-order valence-corrected chi connectivity index (χ4v) is 2.76. The molecule has 1 heterocycles. The third kappa shape index (κ3) is 3.62. The highest BCUT2D eigenvalue weighted by Gasteiger charge is 2.34. The van der Waals surface area contributed by atoms with Gasteiger partial charge in [-0.3, -0.25) is 14.5 Å². The molecule has 0 unspecified atom stereocenters. The monoisotopic (exact) mass is 389 g/mol. The van der Waals surface area contributed by atoms with Crippen molar-refractivity contribution in [3.05, 3.63) is 52.9 Å². The predicted molar refractivity (Wildman–Crippen MR) is 80.0 cm³/mol. The Kier molecular flexibility index (Phi) is 5.38. The smallest absolute Gasteiger partial charge is 0.325 e. The molecule has 1 fully saturated rings. The second-order valence-corrected chi connectivity index (χ2v) is 5.81. The molecule has 3 rings (SSSR count). The maximum Gasteiger partial charge on any atom is 0.325 e. The molecule has 0 saturated carbocycles. The number of rotatable bonds is 4. The summed E-state index contributed by atoms with van der Waals surface area (Å²) in [5, 5.41) is 0. The van der Waals surface area contributed by atoms with E-state index in [0.29, 0.717) is 5.57 Å². The molecule has 0 N–H and O–H groups in total. The van der Waals surface area contributed by atoms with E-state index < -0.39 is 53.4 Å². The average Bonchev–Trinajstić information content (AvgIpc) is 3.10. The van der Waals surface area contributed by atoms with Crippen LogP contribution in [0.5, 0.6) is 5.75 Å². The summed E-state index contributed by atoms with van der Waals surface area (Å²) in [6, 6.07) is -0.591. The molecule has 2 aliphatic rings. The van der Waals surface area contributed by atoms with Crippen LogP contribution in [0.3, 0.4) is 0 Å². The predicted octanol–water partition coefficient (Wildman–Crippen LogP) is 2.40. The Balaban J connectivity index is 1.76. The zero-order valence-electron chi connectivity index (χ0n) is 13.6. The van der Waals surface area contributed by atoms with Gasteiger partial charge in [0.15, 0.2) is 5.78 Å². The number of benzene rings is 1. The molecule has 1 atom stereocenters. The van der Waals surface area contributed by atoms with E-state index in [-0.39, 0.29) is 25.5 Å². The van der Waals surface area contributed by atoms with Gasteiger partial charge in [0.2, 0.25) is 34.8 Å². The van der Waals surface area contributed by atoms with Gasteiger partial charge in [0, 0.05) is 12.0 Å². The molecule has 0 aromatic heterocycles. The van der Waals surface area contributed by atoms with Gasteiger partial charge in [-0.15, -0.1) is 0 Å². The molecule has 1 aliphatic carbocycles. The minimum atomic E-state index is -2.35. The number of nitrogens with zero attached hydrogens (tertiary/aromatic N) is 1. The zero-order valence-corrected chi connectivity index (χ0v) is 13.6. The largest absolute Gasteiger partial charge is 0.419 e. The number of esters is 1. The number of ether oxygens (including phenoxy) is 2.